The minimum absolute atomic E-state index is 0.0668. The molecule has 0 spiro atoms. The molecule has 1 aliphatic rings. The Morgan fingerprint density at radius 1 is 1.43 bits per heavy atom. The van der Waals surface area contributed by atoms with Gasteiger partial charge in [-0.1, -0.05) is 6.92 Å². The van der Waals surface area contributed by atoms with Crippen molar-refractivity contribution >= 4 is 21.6 Å². The van der Waals surface area contributed by atoms with Crippen LogP contribution in [0, 0.1) is 0 Å². The van der Waals surface area contributed by atoms with Crippen LogP contribution in [0.3, 0.4) is 0 Å². The van der Waals surface area contributed by atoms with Gasteiger partial charge in [-0.25, -0.2) is 13.1 Å². The maximum Gasteiger partial charge on any atom is 0.240 e. The van der Waals surface area contributed by atoms with Crippen LogP contribution in [0.25, 0.3) is 0 Å². The van der Waals surface area contributed by atoms with Crippen LogP contribution in [0.1, 0.15) is 39.7 Å². The fourth-order valence-electron chi connectivity index (χ4n) is 2.70. The van der Waals surface area contributed by atoms with Crippen molar-refractivity contribution < 1.29 is 13.2 Å². The van der Waals surface area contributed by atoms with Crippen molar-refractivity contribution in [2.24, 2.45) is 0 Å². The SMILES string of the molecule is CCC(=O)N1c2ccc(S(=O)(=O)NC(C)C)cc2C[C@@H]1C. The predicted molar refractivity (Wildman–Crippen MR) is 82.8 cm³/mol. The Kier molecular flexibility index (Phi) is 4.39. The molecule has 1 aliphatic heterocycles. The standard InChI is InChI=1S/C15H22N2O3S/c1-5-15(18)17-11(4)8-12-9-13(6-7-14(12)17)21(19,20)16-10(2)3/h6-7,9-11,16H,5,8H2,1-4H3/t11-/m0/s1. The van der Waals surface area contributed by atoms with E-state index in [0.717, 1.165) is 11.3 Å². The number of benzene rings is 1. The molecule has 1 aromatic rings. The summed E-state index contributed by atoms with van der Waals surface area (Å²) in [5.41, 5.74) is 1.74. The lowest BCUT2D eigenvalue weighted by Gasteiger charge is -2.22. The maximum atomic E-state index is 12.2. The summed E-state index contributed by atoms with van der Waals surface area (Å²) in [4.78, 5) is 14.0. The highest BCUT2D eigenvalue weighted by atomic mass is 32.2. The van der Waals surface area contributed by atoms with E-state index in [-0.39, 0.29) is 22.9 Å². The lowest BCUT2D eigenvalue weighted by atomic mass is 10.1. The van der Waals surface area contributed by atoms with E-state index >= 15 is 0 Å². The van der Waals surface area contributed by atoms with Gasteiger partial charge < -0.3 is 4.90 Å². The maximum absolute atomic E-state index is 12.2. The lowest BCUT2D eigenvalue weighted by Crippen LogP contribution is -2.35. The number of hydrogen-bond acceptors (Lipinski definition) is 3. The quantitative estimate of drug-likeness (QED) is 0.925. The number of sulfonamides is 1. The minimum Gasteiger partial charge on any atom is -0.309 e. The van der Waals surface area contributed by atoms with Gasteiger partial charge in [0, 0.05) is 24.2 Å². The second-order valence-electron chi connectivity index (χ2n) is 5.74. The molecule has 0 saturated heterocycles. The zero-order valence-electron chi connectivity index (χ0n) is 12.9. The van der Waals surface area contributed by atoms with E-state index < -0.39 is 10.0 Å². The minimum atomic E-state index is -3.50. The molecule has 5 nitrogen and oxygen atoms in total. The van der Waals surface area contributed by atoms with Gasteiger partial charge in [0.2, 0.25) is 15.9 Å². The summed E-state index contributed by atoms with van der Waals surface area (Å²) < 4.78 is 27.0. The Labute approximate surface area is 126 Å². The van der Waals surface area contributed by atoms with Gasteiger partial charge in [0.05, 0.1) is 4.90 Å². The number of rotatable bonds is 4. The second kappa shape index (κ2) is 5.77. The van der Waals surface area contributed by atoms with Gasteiger partial charge >= 0.3 is 0 Å². The van der Waals surface area contributed by atoms with E-state index in [2.05, 4.69) is 4.72 Å². The normalized spacial score (nSPS) is 18.1. The molecule has 0 aromatic heterocycles. The highest BCUT2D eigenvalue weighted by molar-refractivity contribution is 7.89. The third kappa shape index (κ3) is 3.11. The van der Waals surface area contributed by atoms with E-state index in [1.54, 1.807) is 36.9 Å². The van der Waals surface area contributed by atoms with Gasteiger partial charge in [0.15, 0.2) is 0 Å². The number of carbonyl (C=O) groups is 1. The molecule has 0 aliphatic carbocycles. The van der Waals surface area contributed by atoms with Crippen molar-refractivity contribution in [1.82, 2.24) is 4.72 Å². The van der Waals surface area contributed by atoms with Crippen LogP contribution in [0.5, 0.6) is 0 Å². The van der Waals surface area contributed by atoms with Crippen LogP contribution in [-0.2, 0) is 21.2 Å². The van der Waals surface area contributed by atoms with Crippen molar-refractivity contribution in [2.45, 2.75) is 57.5 Å². The Bertz CT molecular complexity index is 653. The number of anilines is 1. The first-order valence-corrected chi connectivity index (χ1v) is 8.72. The van der Waals surface area contributed by atoms with E-state index in [9.17, 15) is 13.2 Å². The van der Waals surface area contributed by atoms with Gasteiger partial charge in [-0.3, -0.25) is 4.79 Å². The molecule has 1 amide bonds. The Hall–Kier alpha value is -1.40. The molecule has 1 aromatic carbocycles. The molecule has 0 fully saturated rings. The third-order valence-electron chi connectivity index (χ3n) is 3.54. The zero-order valence-corrected chi connectivity index (χ0v) is 13.7. The topological polar surface area (TPSA) is 66.5 Å². The first kappa shape index (κ1) is 16.0. The Morgan fingerprint density at radius 2 is 2.10 bits per heavy atom. The summed E-state index contributed by atoms with van der Waals surface area (Å²) in [7, 11) is -3.50. The van der Waals surface area contributed by atoms with Crippen LogP contribution in [-0.4, -0.2) is 26.4 Å². The summed E-state index contributed by atoms with van der Waals surface area (Å²) in [5.74, 6) is 0.0668. The van der Waals surface area contributed by atoms with Crippen LogP contribution in [0.2, 0.25) is 0 Å². The molecule has 1 N–H and O–H groups in total. The molecule has 0 saturated carbocycles. The van der Waals surface area contributed by atoms with Crippen molar-refractivity contribution in [3.05, 3.63) is 23.8 Å². The average Bonchev–Trinajstić information content (AvgIpc) is 2.71. The van der Waals surface area contributed by atoms with E-state index in [1.807, 2.05) is 13.8 Å². The molecule has 0 bridgehead atoms. The Morgan fingerprint density at radius 3 is 2.67 bits per heavy atom. The van der Waals surface area contributed by atoms with Gasteiger partial charge in [-0.15, -0.1) is 0 Å². The molecular weight excluding hydrogens is 288 g/mol. The van der Waals surface area contributed by atoms with Crippen LogP contribution >= 0.6 is 0 Å². The average molecular weight is 310 g/mol. The summed E-state index contributed by atoms with van der Waals surface area (Å²) in [6.45, 7) is 7.38. The number of carbonyl (C=O) groups excluding carboxylic acids is 1. The fourth-order valence-corrected chi connectivity index (χ4v) is 4.00. The summed E-state index contributed by atoms with van der Waals surface area (Å²) in [6.07, 6.45) is 1.13. The van der Waals surface area contributed by atoms with Gasteiger partial charge in [-0.05, 0) is 51.0 Å². The zero-order chi connectivity index (χ0) is 15.8. The number of nitrogens with zero attached hydrogens (tertiary/aromatic N) is 1. The van der Waals surface area contributed by atoms with Crippen molar-refractivity contribution in [2.75, 3.05) is 4.90 Å². The van der Waals surface area contributed by atoms with Gasteiger partial charge in [0.25, 0.3) is 0 Å². The highest BCUT2D eigenvalue weighted by Gasteiger charge is 2.31. The molecule has 0 radical (unpaired) electrons. The lowest BCUT2D eigenvalue weighted by molar-refractivity contribution is -0.118. The third-order valence-corrected chi connectivity index (χ3v) is 5.20. The smallest absolute Gasteiger partial charge is 0.240 e. The molecule has 1 heterocycles. The number of fused-ring (bicyclic) bond motifs is 1. The highest BCUT2D eigenvalue weighted by Crippen LogP contribution is 2.34. The fraction of sp³-hybridized carbons (Fsp3) is 0.533. The number of hydrogen-bond donors (Lipinski definition) is 1. The van der Waals surface area contributed by atoms with Crippen molar-refractivity contribution in [1.29, 1.82) is 0 Å². The molecule has 2 rings (SSSR count). The molecule has 21 heavy (non-hydrogen) atoms. The molecule has 6 heteroatoms. The first-order chi connectivity index (χ1) is 9.76. The van der Waals surface area contributed by atoms with Gasteiger partial charge in [0.1, 0.15) is 0 Å². The van der Waals surface area contributed by atoms with Crippen molar-refractivity contribution in [3.63, 3.8) is 0 Å². The molecule has 0 unspecified atom stereocenters. The van der Waals surface area contributed by atoms with E-state index in [0.29, 0.717) is 12.8 Å². The van der Waals surface area contributed by atoms with E-state index in [1.165, 1.54) is 0 Å². The summed E-state index contributed by atoms with van der Waals surface area (Å²) >= 11 is 0. The first-order valence-electron chi connectivity index (χ1n) is 7.23. The number of amides is 1. The van der Waals surface area contributed by atoms with Crippen molar-refractivity contribution in [3.8, 4) is 0 Å². The van der Waals surface area contributed by atoms with Crippen LogP contribution in [0.15, 0.2) is 23.1 Å². The second-order valence-corrected chi connectivity index (χ2v) is 7.45. The number of nitrogens with one attached hydrogen (secondary N) is 1. The molecule has 1 atom stereocenters. The predicted octanol–water partition coefficient (Wildman–Crippen LogP) is 2.06. The Balaban J connectivity index is 2.39. The van der Waals surface area contributed by atoms with E-state index in [4.69, 9.17) is 0 Å². The van der Waals surface area contributed by atoms with Crippen LogP contribution < -0.4 is 9.62 Å². The van der Waals surface area contributed by atoms with Crippen LogP contribution in [0.4, 0.5) is 5.69 Å². The summed E-state index contributed by atoms with van der Waals surface area (Å²) in [6, 6.07) is 4.90. The largest absolute Gasteiger partial charge is 0.309 e. The molecule has 116 valence electrons. The molecular formula is C15H22N2O3S. The monoisotopic (exact) mass is 310 g/mol. The summed E-state index contributed by atoms with van der Waals surface area (Å²) in [5, 5.41) is 0. The van der Waals surface area contributed by atoms with Gasteiger partial charge in [-0.2, -0.15) is 0 Å².